The molecule has 0 radical (unpaired) electrons. The van der Waals surface area contributed by atoms with Crippen molar-refractivity contribution in [2.75, 3.05) is 19.8 Å². The second-order valence-corrected chi connectivity index (χ2v) is 6.58. The number of rotatable bonds is 7. The Labute approximate surface area is 154 Å². The molecule has 0 spiro atoms. The van der Waals surface area contributed by atoms with Gasteiger partial charge in [-0.25, -0.2) is 0 Å². The van der Waals surface area contributed by atoms with Crippen LogP contribution in [0.2, 0.25) is 0 Å². The Morgan fingerprint density at radius 1 is 0.815 bits per heavy atom. The molecule has 0 amide bonds. The van der Waals surface area contributed by atoms with Crippen LogP contribution in [0.3, 0.4) is 0 Å². The van der Waals surface area contributed by atoms with Gasteiger partial charge in [0.15, 0.2) is 0 Å². The minimum Gasteiger partial charge on any atom is -0.394 e. The lowest BCUT2D eigenvalue weighted by Gasteiger charge is -2.51. The lowest BCUT2D eigenvalue weighted by Crippen LogP contribution is -2.69. The first-order chi connectivity index (χ1) is 12.7. The molecule has 12 heteroatoms. The summed E-state index contributed by atoms with van der Waals surface area (Å²) < 4.78 is 16.2. The van der Waals surface area contributed by atoms with Crippen LogP contribution in [0.25, 0.3) is 0 Å². The second kappa shape index (κ2) is 8.60. The van der Waals surface area contributed by atoms with Crippen LogP contribution in [0.5, 0.6) is 0 Å². The summed E-state index contributed by atoms with van der Waals surface area (Å²) >= 11 is 0. The molecule has 0 bridgehead atoms. The van der Waals surface area contributed by atoms with E-state index in [1.165, 1.54) is 0 Å². The Morgan fingerprint density at radius 2 is 1.33 bits per heavy atom. The third-order valence-corrected chi connectivity index (χ3v) is 4.87. The van der Waals surface area contributed by atoms with Gasteiger partial charge in [-0.2, -0.15) is 5.26 Å². The summed E-state index contributed by atoms with van der Waals surface area (Å²) in [7, 11) is 0. The minimum absolute atomic E-state index is 0.276. The number of ether oxygens (including phenoxy) is 3. The maximum absolute atomic E-state index is 10.5. The van der Waals surface area contributed by atoms with Crippen molar-refractivity contribution in [3.63, 3.8) is 0 Å². The number of nitrogens with zero attached hydrogens (tertiary/aromatic N) is 1. The van der Waals surface area contributed by atoms with E-state index in [1.807, 2.05) is 0 Å². The second-order valence-electron chi connectivity index (χ2n) is 6.58. The van der Waals surface area contributed by atoms with E-state index in [2.05, 4.69) is 0 Å². The fourth-order valence-corrected chi connectivity index (χ4v) is 3.32. The molecule has 2 aliphatic heterocycles. The highest BCUT2D eigenvalue weighted by molar-refractivity contribution is 5.03. The molecule has 9 atom stereocenters. The molecule has 1 unspecified atom stereocenters. The van der Waals surface area contributed by atoms with Crippen molar-refractivity contribution >= 4 is 0 Å². The fourth-order valence-electron chi connectivity index (χ4n) is 3.32. The van der Waals surface area contributed by atoms with Crippen molar-refractivity contribution in [1.29, 1.82) is 5.26 Å². The minimum atomic E-state index is -2.37. The van der Waals surface area contributed by atoms with Crippen LogP contribution in [-0.4, -0.2) is 115 Å². The van der Waals surface area contributed by atoms with E-state index in [-0.39, 0.29) is 6.42 Å². The summed E-state index contributed by atoms with van der Waals surface area (Å²) in [5.74, 6) is -4.65. The van der Waals surface area contributed by atoms with Crippen LogP contribution in [0, 0.1) is 11.3 Å². The van der Waals surface area contributed by atoms with Gasteiger partial charge in [0.25, 0.3) is 0 Å². The number of aliphatic hydroxyl groups excluding tert-OH is 8. The zero-order valence-corrected chi connectivity index (χ0v) is 14.3. The normalized spacial score (nSPS) is 47.7. The van der Waals surface area contributed by atoms with Crippen LogP contribution >= 0.6 is 0 Å². The third kappa shape index (κ3) is 3.82. The van der Waals surface area contributed by atoms with Gasteiger partial charge in [0, 0.05) is 12.8 Å². The average molecular weight is 395 g/mol. The summed E-state index contributed by atoms with van der Waals surface area (Å²) in [4.78, 5) is 0. The molecule has 8 N–H and O–H groups in total. The molecule has 27 heavy (non-hydrogen) atoms. The third-order valence-electron chi connectivity index (χ3n) is 4.87. The first-order valence-electron chi connectivity index (χ1n) is 8.37. The molecular formula is C15H25NO11. The van der Waals surface area contributed by atoms with Crippen molar-refractivity contribution in [3.8, 4) is 6.07 Å². The van der Waals surface area contributed by atoms with Crippen LogP contribution in [0.1, 0.15) is 12.8 Å². The summed E-state index contributed by atoms with van der Waals surface area (Å²) in [5.41, 5.74) is 0. The van der Waals surface area contributed by atoms with Gasteiger partial charge >= 0.3 is 0 Å². The van der Waals surface area contributed by atoms with Gasteiger partial charge in [0.2, 0.25) is 11.6 Å². The Bertz CT molecular complexity index is 542. The van der Waals surface area contributed by atoms with E-state index in [1.54, 1.807) is 6.07 Å². The van der Waals surface area contributed by atoms with Crippen molar-refractivity contribution in [2.45, 2.75) is 67.1 Å². The monoisotopic (exact) mass is 395 g/mol. The smallest absolute Gasteiger partial charge is 0.224 e. The SMILES string of the molecule is N#CCC[C@@]1(OC2(CO)O[C@H](CO)[C@@H](O)[C@@H]2O)O[C@H](CO)[C@@H](O)[C@H](O)[C@H]1O. The number of hydrogen-bond acceptors (Lipinski definition) is 12. The van der Waals surface area contributed by atoms with Crippen molar-refractivity contribution in [2.24, 2.45) is 0 Å². The van der Waals surface area contributed by atoms with Crippen molar-refractivity contribution in [3.05, 3.63) is 0 Å². The molecule has 0 aromatic rings. The first kappa shape index (κ1) is 22.3. The highest BCUT2D eigenvalue weighted by atomic mass is 16.8. The molecule has 2 fully saturated rings. The Kier molecular flexibility index (Phi) is 7.11. The highest BCUT2D eigenvalue weighted by Crippen LogP contribution is 2.42. The predicted molar refractivity (Wildman–Crippen MR) is 82.4 cm³/mol. The summed E-state index contributed by atoms with van der Waals surface area (Å²) in [5, 5.41) is 88.0. The van der Waals surface area contributed by atoms with Crippen LogP contribution in [-0.2, 0) is 14.2 Å². The Balaban J connectivity index is 2.42. The van der Waals surface area contributed by atoms with Crippen LogP contribution in [0.15, 0.2) is 0 Å². The Morgan fingerprint density at radius 3 is 1.81 bits per heavy atom. The molecule has 156 valence electrons. The van der Waals surface area contributed by atoms with Crippen molar-refractivity contribution < 1.29 is 55.1 Å². The zero-order valence-electron chi connectivity index (χ0n) is 14.3. The zero-order chi connectivity index (χ0) is 20.4. The van der Waals surface area contributed by atoms with Gasteiger partial charge in [-0.1, -0.05) is 0 Å². The molecular weight excluding hydrogens is 370 g/mol. The fraction of sp³-hybridized carbons (Fsp3) is 0.933. The molecule has 2 aliphatic rings. The summed E-state index contributed by atoms with van der Waals surface area (Å²) in [6, 6.07) is 1.78. The molecule has 2 rings (SSSR count). The van der Waals surface area contributed by atoms with E-state index in [4.69, 9.17) is 19.5 Å². The quantitative estimate of drug-likeness (QED) is 0.204. The maximum Gasteiger partial charge on any atom is 0.224 e. The Hall–Kier alpha value is -0.950. The van der Waals surface area contributed by atoms with Gasteiger partial charge in [-0.3, -0.25) is 0 Å². The van der Waals surface area contributed by atoms with E-state index < -0.39 is 80.5 Å². The van der Waals surface area contributed by atoms with Gasteiger partial charge in [-0.15, -0.1) is 0 Å². The van der Waals surface area contributed by atoms with E-state index in [0.29, 0.717) is 0 Å². The molecule has 0 aliphatic carbocycles. The topological polar surface area (TPSA) is 213 Å². The van der Waals surface area contributed by atoms with E-state index in [0.717, 1.165) is 0 Å². The maximum atomic E-state index is 10.5. The van der Waals surface area contributed by atoms with Gasteiger partial charge in [0.1, 0.15) is 49.3 Å². The van der Waals surface area contributed by atoms with Crippen LogP contribution in [0.4, 0.5) is 0 Å². The molecule has 12 nitrogen and oxygen atoms in total. The molecule has 0 aromatic carbocycles. The standard InChI is InChI=1S/C15H25NO11/c16-3-1-2-14(13(24)11(22)9(20)7(4-17)25-14)27-15(6-19)12(23)10(21)8(5-18)26-15/h7-13,17-24H,1-2,4-6H2/t7-,8-,9-,10-,11+,12+,13-,14+,15?/m1/s1. The summed E-state index contributed by atoms with van der Waals surface area (Å²) in [6.07, 6.45) is -12.5. The first-order valence-corrected chi connectivity index (χ1v) is 8.37. The molecule has 2 heterocycles. The lowest BCUT2D eigenvalue weighted by molar-refractivity contribution is -0.435. The molecule has 0 aromatic heterocycles. The van der Waals surface area contributed by atoms with Crippen LogP contribution < -0.4 is 0 Å². The van der Waals surface area contributed by atoms with Crippen molar-refractivity contribution in [1.82, 2.24) is 0 Å². The molecule has 0 saturated carbocycles. The van der Waals surface area contributed by atoms with E-state index in [9.17, 15) is 40.9 Å². The largest absolute Gasteiger partial charge is 0.394 e. The van der Waals surface area contributed by atoms with Gasteiger partial charge in [0.05, 0.1) is 19.3 Å². The predicted octanol–water partition coefficient (Wildman–Crippen LogP) is -4.72. The lowest BCUT2D eigenvalue weighted by atomic mass is 9.89. The number of aliphatic hydroxyl groups is 8. The van der Waals surface area contributed by atoms with Gasteiger partial charge in [-0.05, 0) is 0 Å². The average Bonchev–Trinajstić information content (AvgIpc) is 2.92. The summed E-state index contributed by atoms with van der Waals surface area (Å²) in [6.45, 7) is -2.55. The number of nitriles is 1. The highest BCUT2D eigenvalue weighted by Gasteiger charge is 2.63. The van der Waals surface area contributed by atoms with E-state index >= 15 is 0 Å². The number of hydrogen-bond donors (Lipinski definition) is 8. The van der Waals surface area contributed by atoms with Gasteiger partial charge < -0.3 is 55.1 Å². The molecule has 2 saturated heterocycles.